The van der Waals surface area contributed by atoms with E-state index in [-0.39, 0.29) is 16.4 Å². The molecule has 2 aromatic carbocycles. The third-order valence-electron chi connectivity index (χ3n) is 4.22. The van der Waals surface area contributed by atoms with Gasteiger partial charge in [-0.3, -0.25) is 4.79 Å². The highest BCUT2D eigenvalue weighted by Gasteiger charge is 2.26. The third kappa shape index (κ3) is 2.44. The van der Waals surface area contributed by atoms with Crippen LogP contribution in [0.5, 0.6) is 5.75 Å². The highest BCUT2D eigenvalue weighted by Crippen LogP contribution is 2.33. The maximum Gasteiger partial charge on any atom is 0.339 e. The zero-order valence-corrected chi connectivity index (χ0v) is 13.1. The Morgan fingerprint density at radius 1 is 1.00 bits per heavy atom. The molecular formula is C17H14O5S. The van der Waals surface area contributed by atoms with Crippen molar-refractivity contribution in [2.75, 3.05) is 0 Å². The summed E-state index contributed by atoms with van der Waals surface area (Å²) >= 11 is 0. The Morgan fingerprint density at radius 3 is 2.70 bits per heavy atom. The van der Waals surface area contributed by atoms with Crippen LogP contribution in [0.15, 0.2) is 41.3 Å². The van der Waals surface area contributed by atoms with Crippen LogP contribution in [0.3, 0.4) is 0 Å². The molecule has 0 N–H and O–H groups in total. The van der Waals surface area contributed by atoms with Crippen molar-refractivity contribution >= 4 is 15.9 Å². The van der Waals surface area contributed by atoms with Gasteiger partial charge in [0.15, 0.2) is 5.78 Å². The number of Topliss-reactive ketones (excluding diaryl/α,β-unsaturated/α-hetero) is 1. The minimum atomic E-state index is -3.94. The van der Waals surface area contributed by atoms with Gasteiger partial charge in [-0.15, -0.1) is 0 Å². The summed E-state index contributed by atoms with van der Waals surface area (Å²) in [4.78, 5) is 11.9. The molecule has 0 spiro atoms. The first-order valence-electron chi connectivity index (χ1n) is 7.34. The molecule has 1 aliphatic heterocycles. The van der Waals surface area contributed by atoms with E-state index in [1.807, 2.05) is 0 Å². The molecule has 5 nitrogen and oxygen atoms in total. The topological polar surface area (TPSA) is 69.7 Å². The van der Waals surface area contributed by atoms with Crippen molar-refractivity contribution in [1.82, 2.24) is 0 Å². The van der Waals surface area contributed by atoms with Gasteiger partial charge in [0.25, 0.3) is 0 Å². The fourth-order valence-electron chi connectivity index (χ4n) is 3.01. The van der Waals surface area contributed by atoms with Crippen LogP contribution in [0.2, 0.25) is 0 Å². The predicted molar refractivity (Wildman–Crippen MR) is 81.8 cm³/mol. The van der Waals surface area contributed by atoms with Gasteiger partial charge in [-0.05, 0) is 35.7 Å². The maximum absolute atomic E-state index is 12.5. The second-order valence-electron chi connectivity index (χ2n) is 5.67. The Balaban J connectivity index is 1.70. The lowest BCUT2D eigenvalue weighted by atomic mass is 10.1. The molecule has 0 saturated carbocycles. The Morgan fingerprint density at radius 2 is 1.83 bits per heavy atom. The molecule has 6 heteroatoms. The molecule has 0 fully saturated rings. The summed E-state index contributed by atoms with van der Waals surface area (Å²) in [6.07, 6.45) is 0.907. The van der Waals surface area contributed by atoms with E-state index >= 15 is 0 Å². The lowest BCUT2D eigenvalue weighted by Crippen LogP contribution is -2.11. The van der Waals surface area contributed by atoms with Crippen molar-refractivity contribution in [3.63, 3.8) is 0 Å². The number of fused-ring (bicyclic) bond motifs is 2. The molecule has 0 radical (unpaired) electrons. The van der Waals surface area contributed by atoms with Gasteiger partial charge in [0.2, 0.25) is 0 Å². The van der Waals surface area contributed by atoms with E-state index in [0.717, 1.165) is 11.1 Å². The highest BCUT2D eigenvalue weighted by molar-refractivity contribution is 7.87. The van der Waals surface area contributed by atoms with Gasteiger partial charge in [-0.2, -0.15) is 8.42 Å². The standard InChI is InChI=1S/C17H14O5S/c18-16-7-6-15-14(16)2-1-3-17(15)22-23(19,20)13-5-4-11-9-21-10-12(11)8-13/h1-5,8H,6-7,9-10H2. The number of ketones is 1. The van der Waals surface area contributed by atoms with Crippen LogP contribution >= 0.6 is 0 Å². The Hall–Kier alpha value is -2.18. The molecule has 1 heterocycles. The van der Waals surface area contributed by atoms with Crippen molar-refractivity contribution in [1.29, 1.82) is 0 Å². The molecule has 118 valence electrons. The smallest absolute Gasteiger partial charge is 0.339 e. The molecule has 4 rings (SSSR count). The average molecular weight is 330 g/mol. The molecule has 0 saturated heterocycles. The average Bonchev–Trinajstić information content (AvgIpc) is 3.14. The molecule has 0 bridgehead atoms. The zero-order valence-electron chi connectivity index (χ0n) is 12.2. The SMILES string of the molecule is O=C1CCc2c(OS(=O)(=O)c3ccc4c(c3)COC4)cccc21. The van der Waals surface area contributed by atoms with E-state index in [4.69, 9.17) is 8.92 Å². The van der Waals surface area contributed by atoms with Crippen molar-refractivity contribution in [3.8, 4) is 5.75 Å². The Kier molecular flexibility index (Phi) is 3.25. The number of benzene rings is 2. The fraction of sp³-hybridized carbons (Fsp3) is 0.235. The summed E-state index contributed by atoms with van der Waals surface area (Å²) in [5.41, 5.74) is 3.09. The van der Waals surface area contributed by atoms with Crippen molar-refractivity contribution < 1.29 is 22.1 Å². The minimum Gasteiger partial charge on any atom is -0.379 e. The zero-order chi connectivity index (χ0) is 16.0. The van der Waals surface area contributed by atoms with Crippen LogP contribution in [0.1, 0.15) is 33.5 Å². The van der Waals surface area contributed by atoms with Gasteiger partial charge in [0.1, 0.15) is 10.6 Å². The first kappa shape index (κ1) is 14.4. The van der Waals surface area contributed by atoms with E-state index in [2.05, 4.69) is 0 Å². The second kappa shape index (κ2) is 5.18. The lowest BCUT2D eigenvalue weighted by Gasteiger charge is -2.11. The van der Waals surface area contributed by atoms with Crippen LogP contribution in [-0.2, 0) is 34.5 Å². The molecule has 0 atom stereocenters. The van der Waals surface area contributed by atoms with Crippen LogP contribution in [-0.4, -0.2) is 14.2 Å². The van der Waals surface area contributed by atoms with Gasteiger partial charge in [-0.1, -0.05) is 18.2 Å². The first-order chi connectivity index (χ1) is 11.0. The van der Waals surface area contributed by atoms with Gasteiger partial charge in [-0.25, -0.2) is 0 Å². The predicted octanol–water partition coefficient (Wildman–Crippen LogP) is 2.61. The maximum atomic E-state index is 12.5. The number of hydrogen-bond acceptors (Lipinski definition) is 5. The first-order valence-corrected chi connectivity index (χ1v) is 8.74. The molecule has 0 aromatic heterocycles. The van der Waals surface area contributed by atoms with Crippen molar-refractivity contribution in [2.24, 2.45) is 0 Å². The van der Waals surface area contributed by atoms with Crippen molar-refractivity contribution in [2.45, 2.75) is 31.0 Å². The van der Waals surface area contributed by atoms with Gasteiger partial charge in [0, 0.05) is 17.5 Å². The van der Waals surface area contributed by atoms with E-state index in [1.165, 1.54) is 6.07 Å². The molecule has 0 unspecified atom stereocenters. The largest absolute Gasteiger partial charge is 0.379 e. The van der Waals surface area contributed by atoms with E-state index < -0.39 is 10.1 Å². The van der Waals surface area contributed by atoms with Gasteiger partial charge in [0.05, 0.1) is 13.2 Å². The minimum absolute atomic E-state index is 0.0255. The third-order valence-corrected chi connectivity index (χ3v) is 5.45. The summed E-state index contributed by atoms with van der Waals surface area (Å²) in [5, 5.41) is 0. The van der Waals surface area contributed by atoms with Gasteiger partial charge < -0.3 is 8.92 Å². The summed E-state index contributed by atoms with van der Waals surface area (Å²) < 4.78 is 35.7. The Bertz CT molecular complexity index is 915. The number of rotatable bonds is 3. The fourth-order valence-corrected chi connectivity index (χ4v) is 4.02. The van der Waals surface area contributed by atoms with Crippen molar-refractivity contribution in [3.05, 3.63) is 58.7 Å². The van der Waals surface area contributed by atoms with E-state index in [9.17, 15) is 13.2 Å². The second-order valence-corrected chi connectivity index (χ2v) is 7.21. The summed E-state index contributed by atoms with van der Waals surface area (Å²) in [5.74, 6) is 0.266. The molecular weight excluding hydrogens is 316 g/mol. The summed E-state index contributed by atoms with van der Waals surface area (Å²) in [7, 11) is -3.94. The summed E-state index contributed by atoms with van der Waals surface area (Å²) in [6, 6.07) is 9.80. The molecule has 2 aliphatic rings. The molecule has 23 heavy (non-hydrogen) atoms. The quantitative estimate of drug-likeness (QED) is 0.809. The summed E-state index contributed by atoms with van der Waals surface area (Å²) in [6.45, 7) is 0.915. The van der Waals surface area contributed by atoms with E-state index in [0.29, 0.717) is 37.2 Å². The number of carbonyl (C=O) groups excluding carboxylic acids is 1. The highest BCUT2D eigenvalue weighted by atomic mass is 32.2. The number of hydrogen-bond donors (Lipinski definition) is 0. The normalized spacial score (nSPS) is 16.3. The van der Waals surface area contributed by atoms with Crippen LogP contribution in [0.4, 0.5) is 0 Å². The number of carbonyl (C=O) groups is 1. The Labute approximate surface area is 134 Å². The molecule has 0 amide bonds. The van der Waals surface area contributed by atoms with Crippen LogP contribution < -0.4 is 4.18 Å². The molecule has 1 aliphatic carbocycles. The van der Waals surface area contributed by atoms with E-state index in [1.54, 1.807) is 30.3 Å². The van der Waals surface area contributed by atoms with Crippen LogP contribution in [0, 0.1) is 0 Å². The number of ether oxygens (including phenoxy) is 1. The lowest BCUT2D eigenvalue weighted by molar-refractivity contribution is 0.0994. The van der Waals surface area contributed by atoms with Crippen LogP contribution in [0.25, 0.3) is 0 Å². The van der Waals surface area contributed by atoms with Gasteiger partial charge >= 0.3 is 10.1 Å². The molecule has 2 aromatic rings. The monoisotopic (exact) mass is 330 g/mol.